The van der Waals surface area contributed by atoms with E-state index in [1.165, 1.54) is 0 Å². The lowest BCUT2D eigenvalue weighted by Crippen LogP contribution is -2.30. The lowest BCUT2D eigenvalue weighted by Gasteiger charge is -2.12. The van der Waals surface area contributed by atoms with Crippen molar-refractivity contribution in [1.29, 1.82) is 0 Å². The van der Waals surface area contributed by atoms with Crippen LogP contribution >= 0.6 is 0 Å². The summed E-state index contributed by atoms with van der Waals surface area (Å²) < 4.78 is 0. The predicted octanol–water partition coefficient (Wildman–Crippen LogP) is 0.263. The Kier molecular flexibility index (Phi) is 4.18. The highest BCUT2D eigenvalue weighted by Gasteiger charge is 2.23. The third-order valence-electron chi connectivity index (χ3n) is 3.74. The van der Waals surface area contributed by atoms with Crippen molar-refractivity contribution < 1.29 is 9.90 Å². The van der Waals surface area contributed by atoms with Gasteiger partial charge in [0, 0.05) is 13.0 Å². The molecule has 0 radical (unpaired) electrons. The van der Waals surface area contributed by atoms with E-state index < -0.39 is 0 Å². The van der Waals surface area contributed by atoms with Crippen LogP contribution in [-0.2, 0) is 4.79 Å². The van der Waals surface area contributed by atoms with Gasteiger partial charge < -0.3 is 15.7 Å². The predicted molar refractivity (Wildman–Crippen MR) is 62.0 cm³/mol. The van der Waals surface area contributed by atoms with Crippen LogP contribution in [0.3, 0.4) is 0 Å². The van der Waals surface area contributed by atoms with Crippen molar-refractivity contribution >= 4 is 5.91 Å². The van der Waals surface area contributed by atoms with E-state index in [1.807, 2.05) is 0 Å². The molecule has 0 aromatic carbocycles. The molecule has 4 heteroatoms. The average Bonchev–Trinajstić information content (AvgIpc) is 2.87. The summed E-state index contributed by atoms with van der Waals surface area (Å²) in [6.07, 6.45) is 4.43. The Morgan fingerprint density at radius 2 is 2.19 bits per heavy atom. The summed E-state index contributed by atoms with van der Waals surface area (Å²) in [6.45, 7) is 2.78. The van der Waals surface area contributed by atoms with Crippen LogP contribution in [0.1, 0.15) is 32.1 Å². The number of amides is 1. The maximum absolute atomic E-state index is 11.6. The molecule has 3 atom stereocenters. The number of nitrogens with one attached hydrogen (secondary N) is 2. The largest absolute Gasteiger partial charge is 0.393 e. The van der Waals surface area contributed by atoms with Crippen molar-refractivity contribution in [1.82, 2.24) is 10.6 Å². The van der Waals surface area contributed by atoms with Gasteiger partial charge in [-0.15, -0.1) is 0 Å². The van der Waals surface area contributed by atoms with Crippen molar-refractivity contribution in [3.63, 3.8) is 0 Å². The molecular weight excluding hydrogens is 204 g/mol. The molecule has 1 aliphatic carbocycles. The minimum atomic E-state index is -0.138. The van der Waals surface area contributed by atoms with Gasteiger partial charge in [-0.05, 0) is 50.6 Å². The Labute approximate surface area is 96.8 Å². The summed E-state index contributed by atoms with van der Waals surface area (Å²) in [5.74, 6) is 1.19. The molecule has 1 amide bonds. The van der Waals surface area contributed by atoms with Gasteiger partial charge in [-0.3, -0.25) is 4.79 Å². The first-order valence-electron chi connectivity index (χ1n) is 6.39. The third-order valence-corrected chi connectivity index (χ3v) is 3.74. The highest BCUT2D eigenvalue weighted by atomic mass is 16.3. The first kappa shape index (κ1) is 11.9. The van der Waals surface area contributed by atoms with E-state index in [0.717, 1.165) is 45.3 Å². The Morgan fingerprint density at radius 3 is 2.81 bits per heavy atom. The van der Waals surface area contributed by atoms with Gasteiger partial charge in [0.25, 0.3) is 0 Å². The van der Waals surface area contributed by atoms with Gasteiger partial charge in [-0.25, -0.2) is 0 Å². The molecule has 1 aliphatic heterocycles. The Bertz CT molecular complexity index is 239. The molecule has 4 nitrogen and oxygen atoms in total. The molecule has 2 fully saturated rings. The quantitative estimate of drug-likeness (QED) is 0.644. The molecule has 16 heavy (non-hydrogen) atoms. The van der Waals surface area contributed by atoms with Crippen LogP contribution in [-0.4, -0.2) is 36.8 Å². The van der Waals surface area contributed by atoms with E-state index in [0.29, 0.717) is 18.3 Å². The molecule has 2 aliphatic rings. The van der Waals surface area contributed by atoms with Gasteiger partial charge in [0.1, 0.15) is 0 Å². The van der Waals surface area contributed by atoms with Crippen LogP contribution in [0.25, 0.3) is 0 Å². The first-order valence-corrected chi connectivity index (χ1v) is 6.39. The average molecular weight is 226 g/mol. The fourth-order valence-corrected chi connectivity index (χ4v) is 2.72. The topological polar surface area (TPSA) is 61.4 Å². The van der Waals surface area contributed by atoms with Crippen LogP contribution in [0, 0.1) is 11.8 Å². The van der Waals surface area contributed by atoms with E-state index in [-0.39, 0.29) is 12.0 Å². The van der Waals surface area contributed by atoms with E-state index >= 15 is 0 Å². The summed E-state index contributed by atoms with van der Waals surface area (Å²) in [5, 5.41) is 15.6. The Hall–Kier alpha value is -0.610. The number of hydrogen-bond acceptors (Lipinski definition) is 3. The van der Waals surface area contributed by atoms with Gasteiger partial charge in [0.05, 0.1) is 6.10 Å². The van der Waals surface area contributed by atoms with Crippen molar-refractivity contribution in [2.45, 2.75) is 38.2 Å². The molecule has 3 unspecified atom stereocenters. The Morgan fingerprint density at radius 1 is 1.31 bits per heavy atom. The summed E-state index contributed by atoms with van der Waals surface area (Å²) in [5.41, 5.74) is 0. The number of carbonyl (C=O) groups excluding carboxylic acids is 1. The van der Waals surface area contributed by atoms with Crippen LogP contribution in [0.2, 0.25) is 0 Å². The summed E-state index contributed by atoms with van der Waals surface area (Å²) in [7, 11) is 0. The van der Waals surface area contributed by atoms with Gasteiger partial charge in [-0.2, -0.15) is 0 Å². The standard InChI is InChI=1S/C12H22N2O2/c15-11-2-1-9(5-11)8-14-12(16)6-10-3-4-13-7-10/h9-11,13,15H,1-8H2,(H,14,16). The van der Waals surface area contributed by atoms with E-state index in [2.05, 4.69) is 10.6 Å². The molecule has 2 rings (SSSR count). The van der Waals surface area contributed by atoms with Gasteiger partial charge in [0.15, 0.2) is 0 Å². The van der Waals surface area contributed by atoms with Gasteiger partial charge in [0.2, 0.25) is 5.91 Å². The zero-order valence-electron chi connectivity index (χ0n) is 9.74. The molecule has 1 saturated carbocycles. The second-order valence-electron chi connectivity index (χ2n) is 5.20. The van der Waals surface area contributed by atoms with Crippen molar-refractivity contribution in [2.75, 3.05) is 19.6 Å². The van der Waals surface area contributed by atoms with Gasteiger partial charge in [-0.1, -0.05) is 0 Å². The van der Waals surface area contributed by atoms with Crippen LogP contribution in [0.15, 0.2) is 0 Å². The fraction of sp³-hybridized carbons (Fsp3) is 0.917. The molecule has 92 valence electrons. The number of aliphatic hydroxyl groups is 1. The highest BCUT2D eigenvalue weighted by Crippen LogP contribution is 2.24. The summed E-state index contributed by atoms with van der Waals surface area (Å²) in [6, 6.07) is 0. The first-order chi connectivity index (χ1) is 7.74. The van der Waals surface area contributed by atoms with E-state index in [4.69, 9.17) is 0 Å². The number of aliphatic hydroxyl groups excluding tert-OH is 1. The lowest BCUT2D eigenvalue weighted by molar-refractivity contribution is -0.122. The molecule has 1 heterocycles. The SMILES string of the molecule is O=C(CC1CCNC1)NCC1CCC(O)C1. The molecule has 0 spiro atoms. The number of hydrogen-bond donors (Lipinski definition) is 3. The Balaban J connectivity index is 1.60. The molecule has 1 saturated heterocycles. The van der Waals surface area contributed by atoms with E-state index in [1.54, 1.807) is 0 Å². The second kappa shape index (κ2) is 5.64. The van der Waals surface area contributed by atoms with Crippen LogP contribution in [0.4, 0.5) is 0 Å². The minimum Gasteiger partial charge on any atom is -0.393 e. The van der Waals surface area contributed by atoms with Gasteiger partial charge >= 0.3 is 0 Å². The monoisotopic (exact) mass is 226 g/mol. The van der Waals surface area contributed by atoms with Crippen LogP contribution in [0.5, 0.6) is 0 Å². The van der Waals surface area contributed by atoms with Crippen molar-refractivity contribution in [3.05, 3.63) is 0 Å². The molecule has 0 aromatic rings. The van der Waals surface area contributed by atoms with Crippen LogP contribution < -0.4 is 10.6 Å². The highest BCUT2D eigenvalue weighted by molar-refractivity contribution is 5.76. The number of rotatable bonds is 4. The molecule has 3 N–H and O–H groups in total. The smallest absolute Gasteiger partial charge is 0.220 e. The molecular formula is C12H22N2O2. The maximum Gasteiger partial charge on any atom is 0.220 e. The fourth-order valence-electron chi connectivity index (χ4n) is 2.72. The normalized spacial score (nSPS) is 34.2. The number of carbonyl (C=O) groups is 1. The molecule has 0 aromatic heterocycles. The zero-order valence-corrected chi connectivity index (χ0v) is 9.74. The minimum absolute atomic E-state index is 0.138. The molecule has 0 bridgehead atoms. The summed E-state index contributed by atoms with van der Waals surface area (Å²) >= 11 is 0. The van der Waals surface area contributed by atoms with Crippen molar-refractivity contribution in [2.24, 2.45) is 11.8 Å². The summed E-state index contributed by atoms with van der Waals surface area (Å²) in [4.78, 5) is 11.6. The second-order valence-corrected chi connectivity index (χ2v) is 5.20. The van der Waals surface area contributed by atoms with E-state index in [9.17, 15) is 9.90 Å². The van der Waals surface area contributed by atoms with Crippen molar-refractivity contribution in [3.8, 4) is 0 Å². The zero-order chi connectivity index (χ0) is 11.4. The maximum atomic E-state index is 11.6. The lowest BCUT2D eigenvalue weighted by atomic mass is 10.0. The third kappa shape index (κ3) is 3.46.